The van der Waals surface area contributed by atoms with Crippen molar-refractivity contribution in [1.82, 2.24) is 25.1 Å². The van der Waals surface area contributed by atoms with Gasteiger partial charge in [0.2, 0.25) is 11.7 Å². The van der Waals surface area contributed by atoms with E-state index >= 15 is 0 Å². The molecule has 3 rings (SSSR count). The van der Waals surface area contributed by atoms with E-state index in [1.54, 1.807) is 16.2 Å². The first-order chi connectivity index (χ1) is 10.3. The van der Waals surface area contributed by atoms with Crippen molar-refractivity contribution in [2.45, 2.75) is 19.4 Å². The molecule has 0 atom stereocenters. The van der Waals surface area contributed by atoms with E-state index in [-0.39, 0.29) is 19.1 Å². The molecule has 1 aliphatic heterocycles. The van der Waals surface area contributed by atoms with Gasteiger partial charge in [-0.25, -0.2) is 0 Å². The fourth-order valence-corrected chi connectivity index (χ4v) is 3.04. The summed E-state index contributed by atoms with van der Waals surface area (Å²) in [6.07, 6.45) is 1.71. The average Bonchev–Trinajstić information content (AvgIpc) is 3.18. The number of tetrazole rings is 1. The Morgan fingerprint density at radius 3 is 2.90 bits per heavy atom. The molecule has 1 fully saturated rings. The van der Waals surface area contributed by atoms with Gasteiger partial charge in [-0.05, 0) is 35.4 Å². The van der Waals surface area contributed by atoms with Crippen molar-refractivity contribution in [1.29, 1.82) is 0 Å². The van der Waals surface area contributed by atoms with Gasteiger partial charge in [0.05, 0.1) is 0 Å². The van der Waals surface area contributed by atoms with Crippen LogP contribution in [0.5, 0.6) is 0 Å². The van der Waals surface area contributed by atoms with E-state index in [1.807, 2.05) is 16.8 Å². The molecule has 1 saturated heterocycles. The summed E-state index contributed by atoms with van der Waals surface area (Å²) in [6, 6.07) is 1.92. The Morgan fingerprint density at radius 1 is 1.43 bits per heavy atom. The number of hydrogen-bond donors (Lipinski definition) is 1. The molecule has 0 unspecified atom stereocenters. The van der Waals surface area contributed by atoms with Crippen molar-refractivity contribution >= 4 is 17.2 Å². The summed E-state index contributed by atoms with van der Waals surface area (Å²) < 4.78 is 0. The number of piperidine rings is 1. The zero-order valence-electron chi connectivity index (χ0n) is 11.6. The number of aromatic nitrogens is 4. The first-order valence-electron chi connectivity index (χ1n) is 6.95. The van der Waals surface area contributed by atoms with Gasteiger partial charge in [-0.3, -0.25) is 4.79 Å². The van der Waals surface area contributed by atoms with Crippen molar-refractivity contribution in [2.75, 3.05) is 19.7 Å². The molecule has 21 heavy (non-hydrogen) atoms. The minimum atomic E-state index is 0.000610. The minimum absolute atomic E-state index is 0.000610. The van der Waals surface area contributed by atoms with Crippen molar-refractivity contribution in [2.24, 2.45) is 5.92 Å². The molecule has 1 aliphatic rings. The molecule has 0 bridgehead atoms. The monoisotopic (exact) mass is 307 g/mol. The van der Waals surface area contributed by atoms with Gasteiger partial charge in [-0.15, -0.1) is 10.2 Å². The molecule has 2 aromatic rings. The molecule has 3 heterocycles. The van der Waals surface area contributed by atoms with Crippen molar-refractivity contribution in [3.05, 3.63) is 16.8 Å². The molecule has 0 radical (unpaired) electrons. The Hall–Kier alpha value is -1.80. The highest BCUT2D eigenvalue weighted by Crippen LogP contribution is 2.18. The third-order valence-corrected chi connectivity index (χ3v) is 4.42. The number of thiophene rings is 1. The normalized spacial score (nSPS) is 16.3. The summed E-state index contributed by atoms with van der Waals surface area (Å²) in [6.45, 7) is 1.70. The van der Waals surface area contributed by atoms with Crippen LogP contribution in [0.1, 0.15) is 12.8 Å². The SMILES string of the molecule is O=C(Cn1nnc(-c2ccsc2)n1)N1CCC(CO)CC1. The van der Waals surface area contributed by atoms with Crippen LogP contribution < -0.4 is 0 Å². The maximum Gasteiger partial charge on any atom is 0.246 e. The Bertz CT molecular complexity index is 589. The van der Waals surface area contributed by atoms with E-state index in [9.17, 15) is 4.79 Å². The predicted molar refractivity (Wildman–Crippen MR) is 77.5 cm³/mol. The molecule has 112 valence electrons. The molecule has 0 saturated carbocycles. The summed E-state index contributed by atoms with van der Waals surface area (Å²) in [7, 11) is 0. The highest BCUT2D eigenvalue weighted by Gasteiger charge is 2.23. The molecule has 0 spiro atoms. The summed E-state index contributed by atoms with van der Waals surface area (Å²) >= 11 is 1.57. The van der Waals surface area contributed by atoms with Gasteiger partial charge in [0.25, 0.3) is 0 Å². The highest BCUT2D eigenvalue weighted by molar-refractivity contribution is 7.08. The number of carbonyl (C=O) groups excluding carboxylic acids is 1. The van der Waals surface area contributed by atoms with Crippen molar-refractivity contribution in [3.8, 4) is 11.4 Å². The van der Waals surface area contributed by atoms with Gasteiger partial charge in [0.1, 0.15) is 6.54 Å². The van der Waals surface area contributed by atoms with Crippen LogP contribution in [-0.4, -0.2) is 55.8 Å². The van der Waals surface area contributed by atoms with Crippen molar-refractivity contribution in [3.63, 3.8) is 0 Å². The van der Waals surface area contributed by atoms with Crippen LogP contribution in [0.25, 0.3) is 11.4 Å². The lowest BCUT2D eigenvalue weighted by Crippen LogP contribution is -2.41. The summed E-state index contributed by atoms with van der Waals surface area (Å²) in [5.41, 5.74) is 0.919. The van der Waals surface area contributed by atoms with Gasteiger partial charge < -0.3 is 10.0 Å². The molecule has 2 aromatic heterocycles. The molecule has 1 N–H and O–H groups in total. The molecular weight excluding hydrogens is 290 g/mol. The number of likely N-dealkylation sites (tertiary alicyclic amines) is 1. The van der Waals surface area contributed by atoms with Gasteiger partial charge in [-0.1, -0.05) is 0 Å². The number of hydrogen-bond acceptors (Lipinski definition) is 6. The number of nitrogens with zero attached hydrogens (tertiary/aromatic N) is 5. The van der Waals surface area contributed by atoms with Crippen LogP contribution in [-0.2, 0) is 11.3 Å². The fourth-order valence-electron chi connectivity index (χ4n) is 2.40. The zero-order chi connectivity index (χ0) is 14.7. The van der Waals surface area contributed by atoms with E-state index < -0.39 is 0 Å². The number of amides is 1. The Kier molecular flexibility index (Phi) is 4.26. The first-order valence-corrected chi connectivity index (χ1v) is 7.89. The predicted octanol–water partition coefficient (Wildman–Crippen LogP) is 0.633. The number of aliphatic hydroxyl groups excluding tert-OH is 1. The van der Waals surface area contributed by atoms with Gasteiger partial charge in [0.15, 0.2) is 0 Å². The van der Waals surface area contributed by atoms with Gasteiger partial charge in [0, 0.05) is 30.6 Å². The van der Waals surface area contributed by atoms with E-state index in [1.165, 1.54) is 4.80 Å². The quantitative estimate of drug-likeness (QED) is 0.896. The molecular formula is C13H17N5O2S. The van der Waals surface area contributed by atoms with Crippen LogP contribution in [0, 0.1) is 5.92 Å². The standard InChI is InChI=1S/C13H17N5O2S/c19-8-10-1-4-17(5-2-10)12(20)7-18-15-13(14-16-18)11-3-6-21-9-11/h3,6,9-10,19H,1-2,4-5,7-8H2. The van der Waals surface area contributed by atoms with Crippen LogP contribution in [0.15, 0.2) is 16.8 Å². The lowest BCUT2D eigenvalue weighted by molar-refractivity contribution is -0.133. The minimum Gasteiger partial charge on any atom is -0.396 e. The third kappa shape index (κ3) is 3.27. The number of rotatable bonds is 4. The summed E-state index contributed by atoms with van der Waals surface area (Å²) in [4.78, 5) is 15.3. The second-order valence-electron chi connectivity index (χ2n) is 5.16. The summed E-state index contributed by atoms with van der Waals surface area (Å²) in [5, 5.41) is 25.1. The second-order valence-corrected chi connectivity index (χ2v) is 5.94. The van der Waals surface area contributed by atoms with E-state index in [2.05, 4.69) is 15.4 Å². The maximum absolute atomic E-state index is 12.2. The molecule has 1 amide bonds. The fraction of sp³-hybridized carbons (Fsp3) is 0.538. The molecule has 8 heteroatoms. The van der Waals surface area contributed by atoms with E-state index in [0.29, 0.717) is 24.8 Å². The molecule has 7 nitrogen and oxygen atoms in total. The first kappa shape index (κ1) is 14.2. The van der Waals surface area contributed by atoms with E-state index in [0.717, 1.165) is 18.4 Å². The van der Waals surface area contributed by atoms with Crippen LogP contribution in [0.4, 0.5) is 0 Å². The Labute approximate surface area is 126 Å². The van der Waals surface area contributed by atoms with Crippen LogP contribution in [0.2, 0.25) is 0 Å². The van der Waals surface area contributed by atoms with Crippen molar-refractivity contribution < 1.29 is 9.90 Å². The number of carbonyl (C=O) groups is 1. The zero-order valence-corrected chi connectivity index (χ0v) is 12.4. The second kappa shape index (κ2) is 6.31. The highest BCUT2D eigenvalue weighted by atomic mass is 32.1. The molecule has 0 aliphatic carbocycles. The van der Waals surface area contributed by atoms with Crippen LogP contribution >= 0.6 is 11.3 Å². The average molecular weight is 307 g/mol. The Balaban J connectivity index is 1.58. The third-order valence-electron chi connectivity index (χ3n) is 3.73. The summed E-state index contributed by atoms with van der Waals surface area (Å²) in [5.74, 6) is 0.868. The van der Waals surface area contributed by atoms with Gasteiger partial charge in [-0.2, -0.15) is 16.1 Å². The Morgan fingerprint density at radius 2 is 2.24 bits per heavy atom. The van der Waals surface area contributed by atoms with Gasteiger partial charge >= 0.3 is 0 Å². The van der Waals surface area contributed by atoms with E-state index in [4.69, 9.17) is 5.11 Å². The smallest absolute Gasteiger partial charge is 0.246 e. The topological polar surface area (TPSA) is 84.1 Å². The van der Waals surface area contributed by atoms with Crippen LogP contribution in [0.3, 0.4) is 0 Å². The lowest BCUT2D eigenvalue weighted by atomic mass is 9.98. The largest absolute Gasteiger partial charge is 0.396 e. The maximum atomic E-state index is 12.2. The lowest BCUT2D eigenvalue weighted by Gasteiger charge is -2.30. The molecule has 0 aromatic carbocycles. The number of aliphatic hydroxyl groups is 1.